The van der Waals surface area contributed by atoms with Gasteiger partial charge in [-0.05, 0) is 75.6 Å². The van der Waals surface area contributed by atoms with Gasteiger partial charge in [0.15, 0.2) is 5.11 Å². The average molecular weight is 502 g/mol. The lowest BCUT2D eigenvalue weighted by Gasteiger charge is -2.35. The molecule has 0 aliphatic heterocycles. The maximum atomic E-state index is 13.4. The van der Waals surface area contributed by atoms with Crippen molar-refractivity contribution in [3.05, 3.63) is 27.9 Å². The molecule has 0 spiro atoms. The number of aromatic nitrogens is 2. The minimum absolute atomic E-state index is 0.00974. The van der Waals surface area contributed by atoms with Gasteiger partial charge in [-0.25, -0.2) is 5.84 Å². The van der Waals surface area contributed by atoms with E-state index in [4.69, 9.17) is 18.1 Å². The first-order valence-electron chi connectivity index (χ1n) is 11.9. The van der Waals surface area contributed by atoms with Crippen LogP contribution in [0.1, 0.15) is 58.6 Å². The van der Waals surface area contributed by atoms with Gasteiger partial charge in [0.25, 0.3) is 5.91 Å². The third-order valence-corrected chi connectivity index (χ3v) is 8.37. The summed E-state index contributed by atoms with van der Waals surface area (Å²) in [4.78, 5) is 29.1. The molecule has 182 valence electrons. The number of carbonyl (C=O) groups is 2. The zero-order valence-electron chi connectivity index (χ0n) is 19.5. The van der Waals surface area contributed by atoms with Gasteiger partial charge in [-0.15, -0.1) is 11.3 Å². The lowest BCUT2D eigenvalue weighted by atomic mass is 9.90. The second kappa shape index (κ2) is 9.27. The Bertz CT molecular complexity index is 1130. The van der Waals surface area contributed by atoms with Crippen LogP contribution in [0.2, 0.25) is 0 Å². The number of thiophene rings is 1. The van der Waals surface area contributed by atoms with E-state index in [2.05, 4.69) is 21.2 Å². The summed E-state index contributed by atoms with van der Waals surface area (Å²) in [6.07, 6.45) is 8.39. The van der Waals surface area contributed by atoms with E-state index in [9.17, 15) is 9.59 Å². The summed E-state index contributed by atoms with van der Waals surface area (Å²) in [5.41, 5.74) is 6.02. The molecule has 5 rings (SSSR count). The maximum Gasteiger partial charge on any atom is 0.254 e. The number of nitrogens with two attached hydrogens (primary N) is 1. The Labute approximate surface area is 208 Å². The predicted octanol–water partition coefficient (Wildman–Crippen LogP) is 2.39. The molecule has 0 aromatic carbocycles. The van der Waals surface area contributed by atoms with Crippen LogP contribution >= 0.6 is 23.6 Å². The number of thiocarbonyl (C=S) groups is 1. The molecule has 2 fully saturated rings. The molecule has 0 saturated heterocycles. The largest absolute Gasteiger partial charge is 0.352 e. The highest BCUT2D eigenvalue weighted by atomic mass is 32.1. The summed E-state index contributed by atoms with van der Waals surface area (Å²) in [5.74, 6) is 6.32. The number of fused-ring (bicyclic) bond motifs is 1. The van der Waals surface area contributed by atoms with Crippen LogP contribution in [0.15, 0.2) is 6.20 Å². The molecule has 0 bridgehead atoms. The summed E-state index contributed by atoms with van der Waals surface area (Å²) in [7, 11) is 1.88. The van der Waals surface area contributed by atoms with Gasteiger partial charge in [-0.3, -0.25) is 14.3 Å². The first-order chi connectivity index (χ1) is 16.4. The van der Waals surface area contributed by atoms with Crippen molar-refractivity contribution in [3.63, 3.8) is 0 Å². The van der Waals surface area contributed by atoms with Crippen LogP contribution in [0.5, 0.6) is 0 Å². The Morgan fingerprint density at radius 1 is 1.29 bits per heavy atom. The van der Waals surface area contributed by atoms with E-state index < -0.39 is 0 Å². The van der Waals surface area contributed by atoms with E-state index in [1.54, 1.807) is 16.0 Å². The van der Waals surface area contributed by atoms with Crippen molar-refractivity contribution in [2.75, 3.05) is 16.8 Å². The van der Waals surface area contributed by atoms with Crippen LogP contribution < -0.4 is 26.8 Å². The van der Waals surface area contributed by atoms with Gasteiger partial charge >= 0.3 is 0 Å². The fourth-order valence-electron chi connectivity index (χ4n) is 4.69. The molecular weight excluding hydrogens is 470 g/mol. The Balaban J connectivity index is 1.47. The molecule has 2 amide bonds. The number of aryl methyl sites for hydroxylation is 3. The molecule has 0 radical (unpaired) electrons. The Hall–Kier alpha value is -2.50. The van der Waals surface area contributed by atoms with E-state index in [1.807, 2.05) is 25.1 Å². The Morgan fingerprint density at radius 3 is 2.68 bits per heavy atom. The van der Waals surface area contributed by atoms with Crippen molar-refractivity contribution in [1.82, 2.24) is 20.5 Å². The summed E-state index contributed by atoms with van der Waals surface area (Å²) in [5, 5.41) is 11.8. The zero-order valence-corrected chi connectivity index (χ0v) is 21.2. The molecule has 5 N–H and O–H groups in total. The molecule has 34 heavy (non-hydrogen) atoms. The SMILES string of the molecule is Cc1nn(C)cc1N(C(=S)NN)[C@H]1CCc2sc(NC(=O)C3CC3)c(C(=O)NCC3CC3)c2C1. The van der Waals surface area contributed by atoms with Crippen LogP contribution in [0.4, 0.5) is 10.7 Å². The van der Waals surface area contributed by atoms with E-state index in [0.717, 1.165) is 47.5 Å². The summed E-state index contributed by atoms with van der Waals surface area (Å²) in [6.45, 7) is 2.63. The van der Waals surface area contributed by atoms with Crippen molar-refractivity contribution in [3.8, 4) is 0 Å². The smallest absolute Gasteiger partial charge is 0.254 e. The van der Waals surface area contributed by atoms with Gasteiger partial charge in [0, 0.05) is 36.6 Å². The number of hydrazine groups is 1. The van der Waals surface area contributed by atoms with Crippen molar-refractivity contribution >= 4 is 51.2 Å². The highest BCUT2D eigenvalue weighted by molar-refractivity contribution is 7.80. The molecular formula is C23H31N7O2S2. The highest BCUT2D eigenvalue weighted by Crippen LogP contribution is 2.41. The van der Waals surface area contributed by atoms with Gasteiger partial charge < -0.3 is 21.0 Å². The number of rotatable bonds is 7. The first kappa shape index (κ1) is 23.3. The standard InChI is InChI=1S/C23H31N7O2S2/c1-12-17(11-29(2)28-12)30(23(33)27-24)15-7-8-18-16(9-15)19(21(32)25-10-13-3-4-13)22(34-18)26-20(31)14-5-6-14/h11,13-15H,3-10,24H2,1-2H3,(H,25,32)(H,26,31)(H,27,33)/t15-/m0/s1. The van der Waals surface area contributed by atoms with E-state index in [-0.39, 0.29) is 23.8 Å². The average Bonchev–Trinajstić information content (AvgIpc) is 3.73. The minimum Gasteiger partial charge on any atom is -0.352 e. The van der Waals surface area contributed by atoms with E-state index >= 15 is 0 Å². The van der Waals surface area contributed by atoms with Gasteiger partial charge in [0.1, 0.15) is 5.00 Å². The molecule has 11 heteroatoms. The fourth-order valence-corrected chi connectivity index (χ4v) is 6.18. The minimum atomic E-state index is -0.0974. The summed E-state index contributed by atoms with van der Waals surface area (Å²) >= 11 is 7.13. The van der Waals surface area contributed by atoms with Crippen LogP contribution in [0, 0.1) is 18.8 Å². The highest BCUT2D eigenvalue weighted by Gasteiger charge is 2.36. The van der Waals surface area contributed by atoms with Crippen LogP contribution in [-0.4, -0.2) is 39.3 Å². The molecule has 1 atom stereocenters. The molecule has 3 aliphatic carbocycles. The number of hydrogen-bond acceptors (Lipinski definition) is 6. The van der Waals surface area contributed by atoms with Crippen molar-refractivity contribution in [2.24, 2.45) is 24.7 Å². The first-order valence-corrected chi connectivity index (χ1v) is 13.1. The number of carbonyl (C=O) groups excluding carboxylic acids is 2. The third-order valence-electron chi connectivity index (χ3n) is 6.85. The van der Waals surface area contributed by atoms with Crippen LogP contribution in [-0.2, 0) is 24.7 Å². The summed E-state index contributed by atoms with van der Waals surface area (Å²) < 4.78 is 1.76. The molecule has 3 aliphatic rings. The number of nitrogens with zero attached hydrogens (tertiary/aromatic N) is 3. The molecule has 2 saturated carbocycles. The lowest BCUT2D eigenvalue weighted by molar-refractivity contribution is -0.117. The maximum absolute atomic E-state index is 13.4. The third kappa shape index (κ3) is 4.69. The number of hydrogen-bond donors (Lipinski definition) is 4. The topological polar surface area (TPSA) is 117 Å². The van der Waals surface area contributed by atoms with Gasteiger partial charge in [-0.1, -0.05) is 0 Å². The van der Waals surface area contributed by atoms with Crippen molar-refractivity contribution < 1.29 is 9.59 Å². The van der Waals surface area contributed by atoms with Gasteiger partial charge in [0.05, 0.1) is 16.9 Å². The molecule has 2 aromatic heterocycles. The Morgan fingerprint density at radius 2 is 2.06 bits per heavy atom. The van der Waals surface area contributed by atoms with Gasteiger partial charge in [0.2, 0.25) is 5.91 Å². The number of amides is 2. The molecule has 9 nitrogen and oxygen atoms in total. The van der Waals surface area contributed by atoms with Crippen LogP contribution in [0.25, 0.3) is 0 Å². The number of anilines is 2. The second-order valence-electron chi connectivity index (χ2n) is 9.61. The Kier molecular flexibility index (Phi) is 6.34. The number of nitrogens with one attached hydrogen (secondary N) is 3. The normalized spacial score (nSPS) is 19.3. The monoisotopic (exact) mass is 501 g/mol. The lowest BCUT2D eigenvalue weighted by Crippen LogP contribution is -2.50. The molecule has 2 heterocycles. The van der Waals surface area contributed by atoms with E-state index in [1.165, 1.54) is 12.8 Å². The fraction of sp³-hybridized carbons (Fsp3) is 0.565. The molecule has 0 unspecified atom stereocenters. The van der Waals surface area contributed by atoms with Crippen molar-refractivity contribution in [2.45, 2.75) is 57.9 Å². The van der Waals surface area contributed by atoms with Crippen molar-refractivity contribution in [1.29, 1.82) is 0 Å². The molecule has 2 aromatic rings. The summed E-state index contributed by atoms with van der Waals surface area (Å²) in [6, 6.07) is 0.00974. The van der Waals surface area contributed by atoms with E-state index in [0.29, 0.717) is 34.6 Å². The van der Waals surface area contributed by atoms with Crippen LogP contribution in [0.3, 0.4) is 0 Å². The second-order valence-corrected chi connectivity index (χ2v) is 11.1. The predicted molar refractivity (Wildman–Crippen MR) is 137 cm³/mol. The zero-order chi connectivity index (χ0) is 24.0. The quantitative estimate of drug-likeness (QED) is 0.261. The van der Waals surface area contributed by atoms with Gasteiger partial charge in [-0.2, -0.15) is 5.10 Å².